The topological polar surface area (TPSA) is 76.0 Å². The van der Waals surface area contributed by atoms with Gasteiger partial charge in [-0.1, -0.05) is 84.4 Å². The van der Waals surface area contributed by atoms with Gasteiger partial charge in [0.05, 0.1) is 10.6 Å². The number of rotatable bonds is 7. The van der Waals surface area contributed by atoms with E-state index in [0.717, 1.165) is 41.7 Å². The Morgan fingerprint density at radius 3 is 2.39 bits per heavy atom. The molecule has 0 radical (unpaired) electrons. The van der Waals surface area contributed by atoms with Crippen molar-refractivity contribution >= 4 is 21.5 Å². The lowest BCUT2D eigenvalue weighted by molar-refractivity contribution is -0.135. The summed E-state index contributed by atoms with van der Waals surface area (Å²) in [5.41, 5.74) is 4.11. The first-order chi connectivity index (χ1) is 18.2. The van der Waals surface area contributed by atoms with Crippen molar-refractivity contribution in [3.8, 4) is 11.1 Å². The van der Waals surface area contributed by atoms with Gasteiger partial charge >= 0.3 is 0 Å². The first kappa shape index (κ1) is 26.2. The summed E-state index contributed by atoms with van der Waals surface area (Å²) in [7, 11) is -1.49. The summed E-state index contributed by atoms with van der Waals surface area (Å²) >= 11 is 0. The van der Waals surface area contributed by atoms with E-state index in [1.165, 1.54) is 6.26 Å². The van der Waals surface area contributed by atoms with Gasteiger partial charge in [-0.15, -0.1) is 0 Å². The molecule has 0 aromatic heterocycles. The predicted octanol–water partition coefficient (Wildman–Crippen LogP) is 5.82. The van der Waals surface area contributed by atoms with Crippen molar-refractivity contribution in [2.24, 2.45) is 17.0 Å². The molecule has 6 nitrogen and oxygen atoms in total. The van der Waals surface area contributed by atoms with Crippen molar-refractivity contribution in [1.82, 2.24) is 4.90 Å². The number of carbonyl (C=O) groups excluding carboxylic acids is 1. The summed E-state index contributed by atoms with van der Waals surface area (Å²) in [6.45, 7) is 2.55. The summed E-state index contributed by atoms with van der Waals surface area (Å²) in [4.78, 5) is 21.6. The van der Waals surface area contributed by atoms with Gasteiger partial charge in [0, 0.05) is 43.7 Å². The highest BCUT2D eigenvalue weighted by Gasteiger charge is 2.44. The maximum absolute atomic E-state index is 13.6. The molecular weight excluding hydrogens is 496 g/mol. The lowest BCUT2D eigenvalue weighted by Gasteiger charge is -2.26. The highest BCUT2D eigenvalue weighted by atomic mass is 32.2. The predicted molar refractivity (Wildman–Crippen MR) is 149 cm³/mol. The van der Waals surface area contributed by atoms with Crippen molar-refractivity contribution in [2.45, 2.75) is 49.6 Å². The fourth-order valence-corrected chi connectivity index (χ4v) is 6.73. The zero-order valence-electron chi connectivity index (χ0n) is 22.1. The highest BCUT2D eigenvalue weighted by molar-refractivity contribution is 7.90. The van der Waals surface area contributed by atoms with Gasteiger partial charge in [-0.25, -0.2) is 8.42 Å². The van der Waals surface area contributed by atoms with Crippen LogP contribution in [0.1, 0.15) is 43.7 Å². The smallest absolute Gasteiger partial charge is 0.226 e. The number of carbonyl (C=O) groups is 1. The Morgan fingerprint density at radius 1 is 1.00 bits per heavy atom. The molecule has 1 aliphatic heterocycles. The van der Waals surface area contributed by atoms with Gasteiger partial charge in [0.2, 0.25) is 5.91 Å². The summed E-state index contributed by atoms with van der Waals surface area (Å²) in [6, 6.07) is 24.9. The highest BCUT2D eigenvalue weighted by Crippen LogP contribution is 2.42. The van der Waals surface area contributed by atoms with E-state index in [1.807, 2.05) is 61.6 Å². The Balaban J connectivity index is 1.26. The molecule has 1 heterocycles. The monoisotopic (exact) mass is 530 g/mol. The van der Waals surface area contributed by atoms with Gasteiger partial charge in [0.15, 0.2) is 15.4 Å². The molecular formula is C31H34N2O4S. The molecule has 1 fully saturated rings. The van der Waals surface area contributed by atoms with Gasteiger partial charge in [0.1, 0.15) is 0 Å². The molecule has 0 N–H and O–H groups in total. The van der Waals surface area contributed by atoms with E-state index in [-0.39, 0.29) is 17.7 Å². The average Bonchev–Trinajstić information content (AvgIpc) is 3.56. The quantitative estimate of drug-likeness (QED) is 0.386. The van der Waals surface area contributed by atoms with E-state index in [0.29, 0.717) is 23.4 Å². The number of nitrogens with zero attached hydrogens (tertiary/aromatic N) is 2. The van der Waals surface area contributed by atoms with Crippen LogP contribution in [0.3, 0.4) is 0 Å². The minimum atomic E-state index is -3.34. The second-order valence-electron chi connectivity index (χ2n) is 10.8. The lowest BCUT2D eigenvalue weighted by Crippen LogP contribution is -2.36. The van der Waals surface area contributed by atoms with Crippen molar-refractivity contribution in [1.29, 1.82) is 0 Å². The Kier molecular flexibility index (Phi) is 7.14. The van der Waals surface area contributed by atoms with Crippen LogP contribution in [-0.4, -0.2) is 38.2 Å². The molecule has 1 amide bonds. The normalized spacial score (nSPS) is 23.1. The van der Waals surface area contributed by atoms with E-state index in [2.05, 4.69) is 24.2 Å². The third kappa shape index (κ3) is 5.25. The van der Waals surface area contributed by atoms with Crippen LogP contribution >= 0.6 is 0 Å². The van der Waals surface area contributed by atoms with Gasteiger partial charge in [-0.3, -0.25) is 4.79 Å². The molecule has 2 aliphatic rings. The maximum Gasteiger partial charge on any atom is 0.226 e. The maximum atomic E-state index is 13.6. The zero-order chi connectivity index (χ0) is 26.9. The first-order valence-corrected chi connectivity index (χ1v) is 15.0. The van der Waals surface area contributed by atoms with Crippen LogP contribution < -0.4 is 0 Å². The Bertz CT molecular complexity index is 1450. The number of hydrogen-bond donors (Lipinski definition) is 0. The SMILES string of the molecule is CN(Cc1ccc(-c2ccccc2S(C)(=O)=O)cc1)C(=O)[C@@H]1CCC[C@H]1C1=NOC(C)(c2ccccc2)C1. The molecule has 0 spiro atoms. The lowest BCUT2D eigenvalue weighted by atomic mass is 9.83. The number of hydrogen-bond acceptors (Lipinski definition) is 5. The standard InChI is InChI=1S/C31H34N2O4S/c1-31(24-10-5-4-6-11-24)20-28(32-37-31)26-13-9-14-27(26)30(34)33(2)21-22-16-18-23(19-17-22)25-12-7-8-15-29(25)38(3,35)36/h4-8,10-12,15-19,26-27H,9,13-14,20-21H2,1-3H3/t26-,27-,31?/m1/s1. The molecule has 1 aliphatic carbocycles. The number of sulfone groups is 1. The minimum absolute atomic E-state index is 0.0959. The Hall–Kier alpha value is -3.45. The second kappa shape index (κ2) is 10.4. The van der Waals surface area contributed by atoms with Crippen LogP contribution in [0.5, 0.6) is 0 Å². The molecule has 38 heavy (non-hydrogen) atoms. The summed E-state index contributed by atoms with van der Waals surface area (Å²) in [5.74, 6) is 0.141. The molecule has 3 aromatic carbocycles. The first-order valence-electron chi connectivity index (χ1n) is 13.1. The summed E-state index contributed by atoms with van der Waals surface area (Å²) in [6.07, 6.45) is 4.74. The fourth-order valence-electron chi connectivity index (χ4n) is 5.82. The summed E-state index contributed by atoms with van der Waals surface area (Å²) < 4.78 is 24.4. The molecule has 198 valence electrons. The Labute approximate surface area is 225 Å². The van der Waals surface area contributed by atoms with Crippen LogP contribution in [0.15, 0.2) is 88.9 Å². The third-order valence-electron chi connectivity index (χ3n) is 7.88. The van der Waals surface area contributed by atoms with E-state index in [9.17, 15) is 13.2 Å². The Morgan fingerprint density at radius 2 is 1.68 bits per heavy atom. The second-order valence-corrected chi connectivity index (χ2v) is 12.7. The zero-order valence-corrected chi connectivity index (χ0v) is 22.9. The number of oxime groups is 1. The third-order valence-corrected chi connectivity index (χ3v) is 9.03. The van der Waals surface area contributed by atoms with Crippen LogP contribution in [0.2, 0.25) is 0 Å². The number of benzene rings is 3. The molecule has 1 saturated carbocycles. The largest absolute Gasteiger partial charge is 0.384 e. The molecule has 1 unspecified atom stereocenters. The van der Waals surface area contributed by atoms with E-state index >= 15 is 0 Å². The summed E-state index contributed by atoms with van der Waals surface area (Å²) in [5, 5.41) is 4.49. The van der Waals surface area contributed by atoms with Gasteiger partial charge < -0.3 is 9.74 Å². The fraction of sp³-hybridized carbons (Fsp3) is 0.355. The molecule has 0 saturated heterocycles. The molecule has 0 bridgehead atoms. The minimum Gasteiger partial charge on any atom is -0.384 e. The van der Waals surface area contributed by atoms with E-state index < -0.39 is 15.4 Å². The van der Waals surface area contributed by atoms with Crippen molar-refractivity contribution in [2.75, 3.05) is 13.3 Å². The van der Waals surface area contributed by atoms with Crippen LogP contribution in [-0.2, 0) is 31.6 Å². The van der Waals surface area contributed by atoms with Gasteiger partial charge in [-0.05, 0) is 42.5 Å². The van der Waals surface area contributed by atoms with Crippen LogP contribution in [0.4, 0.5) is 0 Å². The molecule has 3 aromatic rings. The molecule has 7 heteroatoms. The molecule has 5 rings (SSSR count). The van der Waals surface area contributed by atoms with Gasteiger partial charge in [-0.2, -0.15) is 0 Å². The van der Waals surface area contributed by atoms with Crippen molar-refractivity contribution < 1.29 is 18.0 Å². The van der Waals surface area contributed by atoms with Gasteiger partial charge in [0.25, 0.3) is 0 Å². The average molecular weight is 531 g/mol. The molecule has 3 atom stereocenters. The van der Waals surface area contributed by atoms with Crippen molar-refractivity contribution in [3.05, 3.63) is 90.0 Å². The van der Waals surface area contributed by atoms with Crippen molar-refractivity contribution in [3.63, 3.8) is 0 Å². The van der Waals surface area contributed by atoms with E-state index in [4.69, 9.17) is 4.84 Å². The number of amides is 1. The van der Waals surface area contributed by atoms with Crippen LogP contribution in [0, 0.1) is 11.8 Å². The van der Waals surface area contributed by atoms with Crippen LogP contribution in [0.25, 0.3) is 11.1 Å². The van der Waals surface area contributed by atoms with E-state index in [1.54, 1.807) is 17.0 Å².